The average Bonchev–Trinajstić information content (AvgIpc) is 3.63. The fraction of sp³-hybridized carbons (Fsp3) is 0.793. The summed E-state index contributed by atoms with van der Waals surface area (Å²) in [7, 11) is 0. The highest BCUT2D eigenvalue weighted by Gasteiger charge is 2.97. The van der Waals surface area contributed by atoms with Gasteiger partial charge in [0.1, 0.15) is 17.8 Å². The number of aliphatic hydroxyl groups is 2. The number of esters is 1. The van der Waals surface area contributed by atoms with Crippen LogP contribution in [0.15, 0.2) is 23.3 Å². The van der Waals surface area contributed by atoms with Crippen molar-refractivity contribution < 1.29 is 29.3 Å². The van der Waals surface area contributed by atoms with Gasteiger partial charge in [0.25, 0.3) is 0 Å². The maximum Gasteiger partial charge on any atom is 0.336 e. The molecule has 3 spiro atoms. The van der Waals surface area contributed by atoms with Crippen LogP contribution in [0.2, 0.25) is 0 Å². The lowest BCUT2D eigenvalue weighted by Gasteiger charge is -2.54. The molecule has 0 bridgehead atoms. The van der Waals surface area contributed by atoms with Crippen molar-refractivity contribution in [3.8, 4) is 0 Å². The molecule has 5 fully saturated rings. The lowest BCUT2D eigenvalue weighted by molar-refractivity contribution is -0.152. The molecule has 7 aliphatic rings. The van der Waals surface area contributed by atoms with Crippen LogP contribution in [0, 0.1) is 45.8 Å². The number of carbonyl (C=O) groups is 2. The zero-order valence-electron chi connectivity index (χ0n) is 21.3. The molecule has 0 amide bonds. The fourth-order valence-corrected chi connectivity index (χ4v) is 11.3. The summed E-state index contributed by atoms with van der Waals surface area (Å²) in [5, 5.41) is 20.5. The van der Waals surface area contributed by atoms with E-state index in [9.17, 15) is 19.8 Å². The molecule has 1 saturated heterocycles. The zero-order chi connectivity index (χ0) is 24.7. The number of ether oxygens (including phenoxy) is 2. The van der Waals surface area contributed by atoms with Gasteiger partial charge in [-0.3, -0.25) is 4.79 Å². The molecule has 6 nitrogen and oxygen atoms in total. The van der Waals surface area contributed by atoms with Crippen molar-refractivity contribution in [3.63, 3.8) is 0 Å². The first-order valence-corrected chi connectivity index (χ1v) is 13.7. The molecule has 0 aromatic rings. The summed E-state index contributed by atoms with van der Waals surface area (Å²) in [5.41, 5.74) is 0.222. The van der Waals surface area contributed by atoms with Crippen LogP contribution in [0.3, 0.4) is 0 Å². The first-order valence-electron chi connectivity index (χ1n) is 13.7. The topological polar surface area (TPSA) is 96.4 Å². The number of hydrogen-bond acceptors (Lipinski definition) is 6. The largest absolute Gasteiger partial charge is 0.458 e. The molecule has 6 heteroatoms. The van der Waals surface area contributed by atoms with E-state index in [4.69, 9.17) is 9.47 Å². The van der Waals surface area contributed by atoms with Gasteiger partial charge in [-0.05, 0) is 91.6 Å². The minimum Gasteiger partial charge on any atom is -0.458 e. The molecule has 5 aliphatic carbocycles. The van der Waals surface area contributed by atoms with E-state index in [1.807, 2.05) is 6.92 Å². The Labute approximate surface area is 207 Å². The minimum atomic E-state index is -0.682. The van der Waals surface area contributed by atoms with Crippen LogP contribution in [0.4, 0.5) is 0 Å². The number of epoxide rings is 1. The summed E-state index contributed by atoms with van der Waals surface area (Å²) < 4.78 is 12.2. The monoisotopic (exact) mass is 482 g/mol. The molecular weight excluding hydrogens is 444 g/mol. The van der Waals surface area contributed by atoms with Gasteiger partial charge in [0.2, 0.25) is 0 Å². The van der Waals surface area contributed by atoms with Crippen LogP contribution < -0.4 is 0 Å². The highest BCUT2D eigenvalue weighted by Crippen LogP contribution is 2.91. The van der Waals surface area contributed by atoms with Gasteiger partial charge in [0.05, 0.1) is 23.7 Å². The fourth-order valence-electron chi connectivity index (χ4n) is 11.3. The number of allylic oxidation sites excluding steroid dienone is 1. The number of fused-ring (bicyclic) bond motifs is 2. The smallest absolute Gasteiger partial charge is 0.336 e. The third kappa shape index (κ3) is 2.23. The number of rotatable bonds is 3. The Morgan fingerprint density at radius 3 is 2.69 bits per heavy atom. The van der Waals surface area contributed by atoms with Crippen LogP contribution in [0.1, 0.15) is 66.2 Å². The van der Waals surface area contributed by atoms with Crippen molar-refractivity contribution >= 4 is 11.8 Å². The van der Waals surface area contributed by atoms with E-state index >= 15 is 0 Å². The Balaban J connectivity index is 1.20. The third-order valence-corrected chi connectivity index (χ3v) is 12.8. The number of ketones is 1. The SMILES string of the molecule is CC1=C(CO)C(=O)OC([C@@H](C)C2CCC3C4C[C@H]5O[C@]56[C@H](O)C=CC(=O)[C@@]65C(C)C45CC[C@@]32C)C1. The lowest BCUT2D eigenvalue weighted by atomic mass is 9.49. The maximum atomic E-state index is 13.5. The molecule has 7 rings (SSSR count). The molecule has 0 aromatic carbocycles. The molecule has 190 valence electrons. The Morgan fingerprint density at radius 2 is 1.97 bits per heavy atom. The second-order valence-corrected chi connectivity index (χ2v) is 13.2. The molecule has 6 unspecified atom stereocenters. The van der Waals surface area contributed by atoms with Crippen LogP contribution in [0.25, 0.3) is 0 Å². The van der Waals surface area contributed by atoms with Crippen LogP contribution >= 0.6 is 0 Å². The zero-order valence-corrected chi connectivity index (χ0v) is 21.3. The predicted octanol–water partition coefficient (Wildman–Crippen LogP) is 3.35. The highest BCUT2D eigenvalue weighted by atomic mass is 16.6. The minimum absolute atomic E-state index is 0.0164. The molecular formula is C29H38O6. The molecule has 2 aliphatic heterocycles. The van der Waals surface area contributed by atoms with E-state index < -0.39 is 17.1 Å². The van der Waals surface area contributed by atoms with Gasteiger partial charge in [-0.1, -0.05) is 26.3 Å². The molecule has 0 radical (unpaired) electrons. The number of hydrogen-bond donors (Lipinski definition) is 2. The standard InChI is InChI=1S/C29H38O6/c1-14-11-21(34-25(33)17(14)13-30)15(2)18-5-6-19-20-12-24-29(35-24)23(32)8-7-22(31)28(29)16(3)27(20,28)10-9-26(18,19)4/h7-8,15-16,18-21,23-24,30,32H,5-6,9-13H2,1-4H3/t15-,16?,18?,19?,20?,21?,23+,24+,26+,27?,28+,29+/m0/s1. The molecule has 2 heterocycles. The van der Waals surface area contributed by atoms with Gasteiger partial charge in [0, 0.05) is 6.42 Å². The van der Waals surface area contributed by atoms with Gasteiger partial charge in [-0.2, -0.15) is 0 Å². The first kappa shape index (κ1) is 22.7. The highest BCUT2D eigenvalue weighted by molar-refractivity contribution is 6.02. The number of cyclic esters (lactones) is 1. The van der Waals surface area contributed by atoms with Gasteiger partial charge < -0.3 is 19.7 Å². The summed E-state index contributed by atoms with van der Waals surface area (Å²) in [6.07, 6.45) is 8.45. The van der Waals surface area contributed by atoms with Gasteiger partial charge in [0.15, 0.2) is 5.78 Å². The lowest BCUT2D eigenvalue weighted by Crippen LogP contribution is -2.57. The predicted molar refractivity (Wildman–Crippen MR) is 127 cm³/mol. The summed E-state index contributed by atoms with van der Waals surface area (Å²) in [6, 6.07) is 0. The van der Waals surface area contributed by atoms with Crippen molar-refractivity contribution in [2.24, 2.45) is 45.8 Å². The first-order chi connectivity index (χ1) is 16.6. The van der Waals surface area contributed by atoms with E-state index in [1.54, 1.807) is 12.2 Å². The van der Waals surface area contributed by atoms with Crippen molar-refractivity contribution in [1.29, 1.82) is 0 Å². The van der Waals surface area contributed by atoms with Crippen molar-refractivity contribution in [3.05, 3.63) is 23.3 Å². The summed E-state index contributed by atoms with van der Waals surface area (Å²) in [5.74, 6) is 1.72. The molecule has 2 N–H and O–H groups in total. The van der Waals surface area contributed by atoms with Gasteiger partial charge >= 0.3 is 5.97 Å². The normalized spacial score (nSPS) is 56.3. The second-order valence-electron chi connectivity index (χ2n) is 13.2. The molecule has 4 saturated carbocycles. The van der Waals surface area contributed by atoms with Gasteiger partial charge in [-0.25, -0.2) is 4.79 Å². The summed E-state index contributed by atoms with van der Waals surface area (Å²) in [6.45, 7) is 8.64. The van der Waals surface area contributed by atoms with Crippen molar-refractivity contribution in [1.82, 2.24) is 0 Å². The average molecular weight is 483 g/mol. The van der Waals surface area contributed by atoms with Crippen LogP contribution in [-0.4, -0.2) is 52.5 Å². The Kier molecular flexibility index (Phi) is 4.33. The van der Waals surface area contributed by atoms with Crippen molar-refractivity contribution in [2.45, 2.75) is 90.1 Å². The molecule has 0 aromatic heterocycles. The Hall–Kier alpha value is -1.50. The molecule has 12 atom stereocenters. The summed E-state index contributed by atoms with van der Waals surface area (Å²) in [4.78, 5) is 26.1. The van der Waals surface area contributed by atoms with E-state index in [0.29, 0.717) is 29.7 Å². The molecule has 35 heavy (non-hydrogen) atoms. The Bertz CT molecular complexity index is 1090. The maximum absolute atomic E-state index is 13.5. The van der Waals surface area contributed by atoms with Gasteiger partial charge in [-0.15, -0.1) is 0 Å². The van der Waals surface area contributed by atoms with Crippen molar-refractivity contribution in [2.75, 3.05) is 6.61 Å². The second kappa shape index (κ2) is 6.68. The Morgan fingerprint density at radius 1 is 1.20 bits per heavy atom. The van der Waals surface area contributed by atoms with E-state index in [-0.39, 0.29) is 53.2 Å². The third-order valence-electron chi connectivity index (χ3n) is 12.8. The van der Waals surface area contributed by atoms with E-state index in [2.05, 4.69) is 20.8 Å². The quantitative estimate of drug-likeness (QED) is 0.473. The summed E-state index contributed by atoms with van der Waals surface area (Å²) >= 11 is 0. The number of aliphatic hydroxyl groups excluding tert-OH is 2. The number of carbonyl (C=O) groups excluding carboxylic acids is 2. The van der Waals surface area contributed by atoms with E-state index in [0.717, 1.165) is 37.7 Å². The van der Waals surface area contributed by atoms with Crippen LogP contribution in [-0.2, 0) is 19.1 Å². The van der Waals surface area contributed by atoms with E-state index in [1.165, 1.54) is 0 Å². The van der Waals surface area contributed by atoms with Crippen LogP contribution in [0.5, 0.6) is 0 Å².